The van der Waals surface area contributed by atoms with E-state index in [1.165, 1.54) is 21.8 Å². The van der Waals surface area contributed by atoms with Gasteiger partial charge in [-0.05, 0) is 12.1 Å². The van der Waals surface area contributed by atoms with Gasteiger partial charge in [-0.25, -0.2) is 9.36 Å². The van der Waals surface area contributed by atoms with E-state index in [1.54, 1.807) is 73.1 Å². The molecule has 0 unspecified atom stereocenters. The molecule has 4 rings (SSSR count). The number of hydrogen-bond acceptors (Lipinski definition) is 4. The maximum Gasteiger partial charge on any atom is 0.279 e. The maximum atomic E-state index is 13.7. The van der Waals surface area contributed by atoms with Crippen molar-refractivity contribution in [2.45, 2.75) is 5.66 Å². The molecule has 0 fully saturated rings. The summed E-state index contributed by atoms with van der Waals surface area (Å²) in [5.41, 5.74) is -1.00. The van der Waals surface area contributed by atoms with E-state index in [1.807, 2.05) is 12.1 Å². The minimum atomic E-state index is -1.80. The van der Waals surface area contributed by atoms with Gasteiger partial charge in [0.2, 0.25) is 11.6 Å². The van der Waals surface area contributed by atoms with Gasteiger partial charge in [0.05, 0.1) is 0 Å². The van der Waals surface area contributed by atoms with Gasteiger partial charge in [0.25, 0.3) is 5.66 Å². The molecule has 0 atom stereocenters. The summed E-state index contributed by atoms with van der Waals surface area (Å²) >= 11 is 0. The summed E-state index contributed by atoms with van der Waals surface area (Å²) in [5, 5.41) is 8.50. The molecule has 0 aliphatic rings. The zero-order valence-electron chi connectivity index (χ0n) is 14.3. The van der Waals surface area contributed by atoms with Crippen LogP contribution in [0.25, 0.3) is 0 Å². The molecule has 4 aromatic rings. The number of aromatic nitrogens is 4. The quantitative estimate of drug-likeness (QED) is 0.393. The van der Waals surface area contributed by atoms with Crippen molar-refractivity contribution in [2.24, 2.45) is 0 Å². The average molecular weight is 356 g/mol. The van der Waals surface area contributed by atoms with Crippen LogP contribution < -0.4 is 0 Å². The summed E-state index contributed by atoms with van der Waals surface area (Å²) in [5.74, 6) is -0.825. The molecule has 0 bridgehead atoms. The van der Waals surface area contributed by atoms with Gasteiger partial charge in [-0.1, -0.05) is 60.7 Å². The van der Waals surface area contributed by atoms with Crippen molar-refractivity contribution in [1.29, 1.82) is 0 Å². The largest absolute Gasteiger partial charge is 0.289 e. The van der Waals surface area contributed by atoms with Crippen molar-refractivity contribution < 1.29 is 9.59 Å². The number of Topliss-reactive ketones (excluding diaryl/α,β-unsaturated/α-hetero) is 2. The molecule has 2 aromatic heterocycles. The molecule has 0 N–H and O–H groups in total. The van der Waals surface area contributed by atoms with Crippen LogP contribution in [0.3, 0.4) is 0 Å². The van der Waals surface area contributed by atoms with Crippen molar-refractivity contribution in [3.63, 3.8) is 0 Å². The second-order valence-electron chi connectivity index (χ2n) is 5.96. The molecule has 27 heavy (non-hydrogen) atoms. The predicted molar refractivity (Wildman–Crippen MR) is 99.4 cm³/mol. The molecule has 0 aliphatic carbocycles. The topological polar surface area (TPSA) is 69.8 Å². The number of carbonyl (C=O) groups is 2. The van der Waals surface area contributed by atoms with Gasteiger partial charge in [-0.2, -0.15) is 10.2 Å². The average Bonchev–Trinajstić information content (AvgIpc) is 3.45. The minimum absolute atomic E-state index is 0.396. The Hall–Kier alpha value is -3.80. The fraction of sp³-hybridized carbons (Fsp3) is 0.0476. The fourth-order valence-corrected chi connectivity index (χ4v) is 3.13. The Labute approximate surface area is 155 Å². The summed E-state index contributed by atoms with van der Waals surface area (Å²) in [4.78, 5) is 27.5. The molecular weight excluding hydrogens is 340 g/mol. The zero-order valence-corrected chi connectivity index (χ0v) is 14.3. The summed E-state index contributed by atoms with van der Waals surface area (Å²) in [6.45, 7) is 0. The van der Waals surface area contributed by atoms with Crippen LogP contribution in [0.5, 0.6) is 0 Å². The standard InChI is InChI=1S/C21H16N4O2/c26-19(17-9-3-1-4-10-17)21(24-15-7-13-22-24,25-16-8-14-23-25)20(27)18-11-5-2-6-12-18/h1-16H. The monoisotopic (exact) mass is 356 g/mol. The number of hydrogen-bond donors (Lipinski definition) is 0. The van der Waals surface area contributed by atoms with E-state index in [-0.39, 0.29) is 0 Å². The van der Waals surface area contributed by atoms with Gasteiger partial charge in [-0.3, -0.25) is 9.59 Å². The first-order chi connectivity index (χ1) is 13.2. The van der Waals surface area contributed by atoms with Gasteiger partial charge in [-0.15, -0.1) is 0 Å². The molecule has 0 aliphatic heterocycles. The second-order valence-corrected chi connectivity index (χ2v) is 5.96. The summed E-state index contributed by atoms with van der Waals surface area (Å²) < 4.78 is 2.73. The highest BCUT2D eigenvalue weighted by Crippen LogP contribution is 2.28. The van der Waals surface area contributed by atoms with Crippen molar-refractivity contribution in [1.82, 2.24) is 19.6 Å². The lowest BCUT2D eigenvalue weighted by molar-refractivity contribution is 0.0580. The number of benzene rings is 2. The SMILES string of the molecule is O=C(c1ccccc1)C(C(=O)c1ccccc1)(n1cccn1)n1cccn1. The second kappa shape index (κ2) is 6.84. The van der Waals surface area contributed by atoms with E-state index in [0.717, 1.165) is 0 Å². The van der Waals surface area contributed by atoms with E-state index in [9.17, 15) is 9.59 Å². The fourth-order valence-electron chi connectivity index (χ4n) is 3.13. The highest BCUT2D eigenvalue weighted by atomic mass is 16.2. The first kappa shape index (κ1) is 16.7. The third-order valence-electron chi connectivity index (χ3n) is 4.38. The molecular formula is C21H16N4O2. The van der Waals surface area contributed by atoms with Crippen LogP contribution in [0.2, 0.25) is 0 Å². The Bertz CT molecular complexity index is 953. The molecule has 2 heterocycles. The summed E-state index contributed by atoms with van der Waals surface area (Å²) in [6.07, 6.45) is 6.27. The smallest absolute Gasteiger partial charge is 0.279 e. The van der Waals surface area contributed by atoms with E-state index in [2.05, 4.69) is 10.2 Å². The molecule has 132 valence electrons. The van der Waals surface area contributed by atoms with Crippen molar-refractivity contribution in [3.8, 4) is 0 Å². The normalized spacial score (nSPS) is 11.3. The van der Waals surface area contributed by atoms with Crippen LogP contribution in [0, 0.1) is 0 Å². The molecule has 0 radical (unpaired) electrons. The predicted octanol–water partition coefficient (Wildman–Crippen LogP) is 3.05. The minimum Gasteiger partial charge on any atom is -0.289 e. The third kappa shape index (κ3) is 2.67. The Morgan fingerprint density at radius 1 is 0.630 bits per heavy atom. The Morgan fingerprint density at radius 3 is 1.37 bits per heavy atom. The van der Waals surface area contributed by atoms with Gasteiger partial charge in [0.15, 0.2) is 0 Å². The molecule has 0 spiro atoms. The summed E-state index contributed by atoms with van der Waals surface area (Å²) in [7, 11) is 0. The van der Waals surface area contributed by atoms with E-state index < -0.39 is 17.2 Å². The molecule has 0 amide bonds. The first-order valence-corrected chi connectivity index (χ1v) is 8.44. The third-order valence-corrected chi connectivity index (χ3v) is 4.38. The van der Waals surface area contributed by atoms with Crippen LogP contribution in [-0.2, 0) is 5.66 Å². The Morgan fingerprint density at radius 2 is 1.04 bits per heavy atom. The van der Waals surface area contributed by atoms with Crippen molar-refractivity contribution in [3.05, 3.63) is 109 Å². The van der Waals surface area contributed by atoms with Crippen LogP contribution in [0.15, 0.2) is 97.6 Å². The lowest BCUT2D eigenvalue weighted by atomic mass is 9.89. The van der Waals surface area contributed by atoms with E-state index in [4.69, 9.17) is 0 Å². The van der Waals surface area contributed by atoms with Crippen molar-refractivity contribution in [2.75, 3.05) is 0 Å². The summed E-state index contributed by atoms with van der Waals surface area (Å²) in [6, 6.07) is 20.8. The first-order valence-electron chi connectivity index (χ1n) is 8.44. The van der Waals surface area contributed by atoms with Gasteiger partial charge < -0.3 is 0 Å². The number of carbonyl (C=O) groups excluding carboxylic acids is 2. The zero-order chi connectivity index (χ0) is 18.7. The highest BCUT2D eigenvalue weighted by molar-refractivity contribution is 6.21. The van der Waals surface area contributed by atoms with Crippen LogP contribution >= 0.6 is 0 Å². The van der Waals surface area contributed by atoms with Gasteiger partial charge in [0, 0.05) is 35.9 Å². The van der Waals surface area contributed by atoms with E-state index in [0.29, 0.717) is 11.1 Å². The van der Waals surface area contributed by atoms with Crippen LogP contribution in [0.1, 0.15) is 20.7 Å². The lowest BCUT2D eigenvalue weighted by Gasteiger charge is -2.31. The lowest BCUT2D eigenvalue weighted by Crippen LogP contribution is -2.55. The van der Waals surface area contributed by atoms with Crippen molar-refractivity contribution >= 4 is 11.6 Å². The molecule has 6 nitrogen and oxygen atoms in total. The maximum absolute atomic E-state index is 13.7. The molecule has 0 saturated heterocycles. The Kier molecular flexibility index (Phi) is 4.22. The van der Waals surface area contributed by atoms with Gasteiger partial charge in [0.1, 0.15) is 0 Å². The molecule has 6 heteroatoms. The number of ketones is 2. The molecule has 0 saturated carbocycles. The van der Waals surface area contributed by atoms with Crippen LogP contribution in [0.4, 0.5) is 0 Å². The van der Waals surface area contributed by atoms with E-state index >= 15 is 0 Å². The van der Waals surface area contributed by atoms with Crippen LogP contribution in [-0.4, -0.2) is 31.1 Å². The number of rotatable bonds is 6. The molecule has 2 aromatic carbocycles. The number of nitrogens with zero attached hydrogens (tertiary/aromatic N) is 4. The van der Waals surface area contributed by atoms with Gasteiger partial charge >= 0.3 is 0 Å². The Balaban J connectivity index is 2.02. The highest BCUT2D eigenvalue weighted by Gasteiger charge is 2.51.